The van der Waals surface area contributed by atoms with Crippen molar-refractivity contribution < 1.29 is 9.53 Å². The van der Waals surface area contributed by atoms with Crippen LogP contribution in [0, 0.1) is 0 Å². The Hall–Kier alpha value is -0.220. The van der Waals surface area contributed by atoms with Gasteiger partial charge in [-0.15, -0.1) is 0 Å². The zero-order chi connectivity index (χ0) is 9.40. The summed E-state index contributed by atoms with van der Waals surface area (Å²) in [5.74, 6) is 0.922. The molecule has 0 heterocycles. The molecule has 0 radical (unpaired) electrons. The molecule has 0 saturated heterocycles. The summed E-state index contributed by atoms with van der Waals surface area (Å²) in [6.07, 6.45) is 2.13. The van der Waals surface area contributed by atoms with E-state index in [0.29, 0.717) is 0 Å². The molecule has 0 aliphatic heterocycles. The van der Waals surface area contributed by atoms with Crippen molar-refractivity contribution in [2.75, 3.05) is 25.2 Å². The van der Waals surface area contributed by atoms with E-state index in [2.05, 4.69) is 5.32 Å². The van der Waals surface area contributed by atoms with E-state index in [9.17, 15) is 4.79 Å². The summed E-state index contributed by atoms with van der Waals surface area (Å²) in [6, 6.07) is 0. The first kappa shape index (κ1) is 11.8. The summed E-state index contributed by atoms with van der Waals surface area (Å²) in [5.41, 5.74) is 0. The Balaban J connectivity index is 3.22. The maximum atomic E-state index is 11.0. The molecule has 0 aliphatic carbocycles. The second-order valence-corrected chi connectivity index (χ2v) is 3.69. The Morgan fingerprint density at radius 2 is 2.25 bits per heavy atom. The van der Waals surface area contributed by atoms with Crippen LogP contribution in [0.15, 0.2) is 0 Å². The minimum absolute atomic E-state index is 0.0299. The molecule has 0 atom stereocenters. The van der Waals surface area contributed by atoms with Gasteiger partial charge < -0.3 is 10.1 Å². The van der Waals surface area contributed by atoms with Crippen molar-refractivity contribution >= 4 is 17.7 Å². The Morgan fingerprint density at radius 1 is 1.58 bits per heavy atom. The average Bonchev–Trinajstić information content (AvgIpc) is 2.01. The van der Waals surface area contributed by atoms with Crippen LogP contribution in [0.5, 0.6) is 0 Å². The lowest BCUT2D eigenvalue weighted by Gasteiger charge is -2.07. The van der Waals surface area contributed by atoms with Crippen molar-refractivity contribution in [3.63, 3.8) is 0 Å². The molecule has 0 saturated carbocycles. The first-order valence-electron chi connectivity index (χ1n) is 4.04. The Labute approximate surface area is 78.2 Å². The van der Waals surface area contributed by atoms with Gasteiger partial charge in [-0.05, 0) is 20.1 Å². The quantitative estimate of drug-likeness (QED) is 0.634. The molecule has 1 N–H and O–H groups in total. The minimum Gasteiger partial charge on any atom is -0.369 e. The topological polar surface area (TPSA) is 38.3 Å². The summed E-state index contributed by atoms with van der Waals surface area (Å²) in [5, 5.41) is 2.75. The van der Waals surface area contributed by atoms with Crippen LogP contribution >= 0.6 is 11.8 Å². The lowest BCUT2D eigenvalue weighted by Crippen LogP contribution is -2.30. The molecule has 0 bridgehead atoms. The van der Waals surface area contributed by atoms with E-state index in [1.165, 1.54) is 0 Å². The first-order chi connectivity index (χ1) is 5.66. The molecule has 0 spiro atoms. The van der Waals surface area contributed by atoms with Crippen molar-refractivity contribution in [3.05, 3.63) is 0 Å². The van der Waals surface area contributed by atoms with E-state index in [0.717, 1.165) is 12.3 Å². The van der Waals surface area contributed by atoms with Gasteiger partial charge in [-0.3, -0.25) is 4.79 Å². The fourth-order valence-corrected chi connectivity index (χ4v) is 0.892. The Bertz CT molecular complexity index is 128. The predicted octanol–water partition coefficient (Wildman–Crippen LogP) is 0.891. The van der Waals surface area contributed by atoms with E-state index >= 15 is 0 Å². The third-order valence-electron chi connectivity index (χ3n) is 1.18. The molecular weight excluding hydrogens is 174 g/mol. The molecule has 0 rings (SSSR count). The Kier molecular flexibility index (Phi) is 7.29. The predicted molar refractivity (Wildman–Crippen MR) is 52.5 cm³/mol. The molecule has 0 unspecified atom stereocenters. The van der Waals surface area contributed by atoms with E-state index in [1.54, 1.807) is 11.8 Å². The number of ether oxygens (including phenoxy) is 1. The van der Waals surface area contributed by atoms with Gasteiger partial charge in [0.15, 0.2) is 0 Å². The zero-order valence-corrected chi connectivity index (χ0v) is 8.74. The van der Waals surface area contributed by atoms with Crippen LogP contribution in [-0.2, 0) is 9.53 Å². The van der Waals surface area contributed by atoms with Gasteiger partial charge in [0.05, 0.1) is 6.10 Å². The van der Waals surface area contributed by atoms with Crippen molar-refractivity contribution in [3.8, 4) is 0 Å². The van der Waals surface area contributed by atoms with Gasteiger partial charge in [0.2, 0.25) is 5.91 Å². The number of amides is 1. The van der Waals surface area contributed by atoms with Crippen LogP contribution in [-0.4, -0.2) is 37.2 Å². The van der Waals surface area contributed by atoms with Gasteiger partial charge in [-0.2, -0.15) is 11.8 Å². The number of hydrogen-bond acceptors (Lipinski definition) is 3. The van der Waals surface area contributed by atoms with Crippen molar-refractivity contribution in [2.45, 2.75) is 20.0 Å². The molecule has 0 aliphatic rings. The van der Waals surface area contributed by atoms with Gasteiger partial charge in [0.25, 0.3) is 0 Å². The number of carbonyl (C=O) groups excluding carboxylic acids is 1. The lowest BCUT2D eigenvalue weighted by atomic mass is 10.5. The third kappa shape index (κ3) is 7.88. The number of rotatable bonds is 6. The fraction of sp³-hybridized carbons (Fsp3) is 0.875. The molecule has 0 aromatic heterocycles. The van der Waals surface area contributed by atoms with Crippen LogP contribution in [0.4, 0.5) is 0 Å². The van der Waals surface area contributed by atoms with Crippen LogP contribution in [0.2, 0.25) is 0 Å². The molecule has 0 aromatic carbocycles. The normalized spacial score (nSPS) is 10.3. The van der Waals surface area contributed by atoms with E-state index in [4.69, 9.17) is 4.74 Å². The number of carbonyl (C=O) groups is 1. The monoisotopic (exact) mass is 191 g/mol. The zero-order valence-electron chi connectivity index (χ0n) is 7.92. The first-order valence-corrected chi connectivity index (χ1v) is 5.43. The summed E-state index contributed by atoms with van der Waals surface area (Å²) in [7, 11) is 0. The highest BCUT2D eigenvalue weighted by Gasteiger charge is 2.01. The number of thioether (sulfide) groups is 1. The minimum atomic E-state index is -0.0299. The van der Waals surface area contributed by atoms with Crippen molar-refractivity contribution in [2.24, 2.45) is 0 Å². The highest BCUT2D eigenvalue weighted by Crippen LogP contribution is 1.88. The van der Waals surface area contributed by atoms with Gasteiger partial charge in [-0.25, -0.2) is 0 Å². The molecule has 12 heavy (non-hydrogen) atoms. The van der Waals surface area contributed by atoms with Crippen molar-refractivity contribution in [1.29, 1.82) is 0 Å². The second-order valence-electron chi connectivity index (χ2n) is 2.70. The molecule has 0 aromatic rings. The molecule has 72 valence electrons. The van der Waals surface area contributed by atoms with E-state index in [-0.39, 0.29) is 18.6 Å². The summed E-state index contributed by atoms with van der Waals surface area (Å²) < 4.78 is 5.12. The fourth-order valence-electron chi connectivity index (χ4n) is 0.586. The number of nitrogens with one attached hydrogen (secondary N) is 1. The summed E-state index contributed by atoms with van der Waals surface area (Å²) >= 11 is 1.71. The molecule has 4 heteroatoms. The lowest BCUT2D eigenvalue weighted by molar-refractivity contribution is -0.126. The molecule has 3 nitrogen and oxygen atoms in total. The summed E-state index contributed by atoms with van der Waals surface area (Å²) in [6.45, 7) is 4.72. The number of hydrogen-bond donors (Lipinski definition) is 1. The SMILES string of the molecule is CSCCNC(=O)COC(C)C. The largest absolute Gasteiger partial charge is 0.369 e. The maximum absolute atomic E-state index is 11.0. The third-order valence-corrected chi connectivity index (χ3v) is 1.79. The highest BCUT2D eigenvalue weighted by atomic mass is 32.2. The highest BCUT2D eigenvalue weighted by molar-refractivity contribution is 7.98. The smallest absolute Gasteiger partial charge is 0.246 e. The summed E-state index contributed by atoms with van der Waals surface area (Å²) in [4.78, 5) is 11.0. The van der Waals surface area contributed by atoms with Gasteiger partial charge >= 0.3 is 0 Å². The Morgan fingerprint density at radius 3 is 2.75 bits per heavy atom. The van der Waals surface area contributed by atoms with Gasteiger partial charge in [0.1, 0.15) is 6.61 Å². The van der Waals surface area contributed by atoms with Crippen LogP contribution in [0.3, 0.4) is 0 Å². The standard InChI is InChI=1S/C8H17NO2S/c1-7(2)11-6-8(10)9-4-5-12-3/h7H,4-6H2,1-3H3,(H,9,10). The molecule has 0 fully saturated rings. The van der Waals surface area contributed by atoms with Crippen LogP contribution in [0.1, 0.15) is 13.8 Å². The van der Waals surface area contributed by atoms with Crippen LogP contribution in [0.25, 0.3) is 0 Å². The maximum Gasteiger partial charge on any atom is 0.246 e. The average molecular weight is 191 g/mol. The van der Waals surface area contributed by atoms with Gasteiger partial charge in [-0.1, -0.05) is 0 Å². The van der Waals surface area contributed by atoms with Crippen LogP contribution < -0.4 is 5.32 Å². The van der Waals surface area contributed by atoms with Gasteiger partial charge in [0, 0.05) is 12.3 Å². The van der Waals surface area contributed by atoms with E-state index < -0.39 is 0 Å². The molecular formula is C8H17NO2S. The second kappa shape index (κ2) is 7.43. The molecule has 1 amide bonds. The van der Waals surface area contributed by atoms with Crippen molar-refractivity contribution in [1.82, 2.24) is 5.32 Å². The van der Waals surface area contributed by atoms with E-state index in [1.807, 2.05) is 20.1 Å².